The molecule has 6 rings (SSSR count). The fourth-order valence-electron chi connectivity index (χ4n) is 3.35. The second-order valence-electron chi connectivity index (χ2n) is 7.07. The number of phenols is 2. The first-order chi connectivity index (χ1) is 15.7. The van der Waals surface area contributed by atoms with Crippen LogP contribution in [0.5, 0.6) is 11.5 Å². The van der Waals surface area contributed by atoms with Crippen LogP contribution in [0.15, 0.2) is 102 Å². The van der Waals surface area contributed by atoms with Crippen LogP contribution in [-0.4, -0.2) is 15.2 Å². The quantitative estimate of drug-likeness (QED) is 0.190. The molecule has 0 saturated heterocycles. The van der Waals surface area contributed by atoms with E-state index >= 15 is 0 Å². The van der Waals surface area contributed by atoms with Crippen molar-refractivity contribution in [2.24, 2.45) is 0 Å². The van der Waals surface area contributed by atoms with Gasteiger partial charge in [-0.05, 0) is 66.4 Å². The van der Waals surface area contributed by atoms with Crippen molar-refractivity contribution in [2.45, 2.75) is 4.90 Å². The summed E-state index contributed by atoms with van der Waals surface area (Å²) in [4.78, 5) is 6.68. The van der Waals surface area contributed by atoms with Gasteiger partial charge in [-0.15, -0.1) is 11.3 Å². The molecular formula is C27H18NO2S2Zn+. The second kappa shape index (κ2) is 10.3. The summed E-state index contributed by atoms with van der Waals surface area (Å²) in [5.41, 5.74) is 3.73. The molecule has 156 valence electrons. The van der Waals surface area contributed by atoms with Crippen LogP contribution >= 0.6 is 23.1 Å². The molecule has 2 N–H and O–H groups in total. The van der Waals surface area contributed by atoms with E-state index < -0.39 is 0 Å². The van der Waals surface area contributed by atoms with Gasteiger partial charge in [0.05, 0.1) is 15.8 Å². The number of phenolic OH excluding ortho intramolecular Hbond substituents is 2. The Morgan fingerprint density at radius 2 is 1.27 bits per heavy atom. The van der Waals surface area contributed by atoms with Gasteiger partial charge in [0.25, 0.3) is 0 Å². The van der Waals surface area contributed by atoms with Crippen molar-refractivity contribution in [3.05, 3.63) is 114 Å². The van der Waals surface area contributed by atoms with Crippen LogP contribution < -0.4 is 0 Å². The van der Waals surface area contributed by atoms with Gasteiger partial charge in [0.1, 0.15) is 21.2 Å². The van der Waals surface area contributed by atoms with Crippen molar-refractivity contribution in [3.8, 4) is 22.1 Å². The number of para-hydroxylation sites is 3. The first-order valence-corrected chi connectivity index (χ1v) is 11.7. The number of nitrogens with zero attached hydrogens (tertiary/aromatic N) is 1. The average molecular weight is 518 g/mol. The summed E-state index contributed by atoms with van der Waals surface area (Å²) in [6, 6.07) is 30.7. The van der Waals surface area contributed by atoms with E-state index in [9.17, 15) is 10.2 Å². The largest absolute Gasteiger partial charge is 0.507 e. The molecule has 0 saturated carbocycles. The minimum atomic E-state index is 0. The molecule has 0 fully saturated rings. The van der Waals surface area contributed by atoms with E-state index in [0.29, 0.717) is 5.75 Å². The van der Waals surface area contributed by atoms with Gasteiger partial charge in [0.2, 0.25) is 0 Å². The van der Waals surface area contributed by atoms with Crippen molar-refractivity contribution >= 4 is 38.2 Å². The van der Waals surface area contributed by atoms with Crippen LogP contribution in [0.2, 0.25) is 0 Å². The number of aromatic nitrogens is 1. The van der Waals surface area contributed by atoms with E-state index in [1.165, 1.54) is 4.90 Å². The molecule has 4 aromatic carbocycles. The summed E-state index contributed by atoms with van der Waals surface area (Å²) in [5.74, 6) is 0.590. The number of thioether (sulfide) groups is 1. The van der Waals surface area contributed by atoms with Crippen LogP contribution in [0.1, 0.15) is 11.1 Å². The summed E-state index contributed by atoms with van der Waals surface area (Å²) in [7, 11) is 0. The Balaban J connectivity index is 0.000000152. The van der Waals surface area contributed by atoms with E-state index in [4.69, 9.17) is 0 Å². The van der Waals surface area contributed by atoms with E-state index in [1.807, 2.05) is 78.9 Å². The molecule has 0 spiro atoms. The van der Waals surface area contributed by atoms with Crippen molar-refractivity contribution in [1.82, 2.24) is 4.98 Å². The summed E-state index contributed by atoms with van der Waals surface area (Å²) in [6.07, 6.45) is 3.31. The Morgan fingerprint density at radius 3 is 1.97 bits per heavy atom. The predicted molar refractivity (Wildman–Crippen MR) is 133 cm³/mol. The Labute approximate surface area is 213 Å². The number of hydrogen-bond donors (Lipinski definition) is 2. The summed E-state index contributed by atoms with van der Waals surface area (Å²) < 4.78 is 1.14. The van der Waals surface area contributed by atoms with Crippen LogP contribution in [0, 0.1) is 6.08 Å². The zero-order chi connectivity index (χ0) is 21.9. The normalized spacial score (nSPS) is 11.5. The molecule has 1 aliphatic rings. The second-order valence-corrected chi connectivity index (χ2v) is 9.16. The molecule has 1 aromatic heterocycles. The predicted octanol–water partition coefficient (Wildman–Crippen LogP) is 7.36. The minimum Gasteiger partial charge on any atom is -0.507 e. The first-order valence-electron chi connectivity index (χ1n) is 10.0. The molecule has 0 atom stereocenters. The van der Waals surface area contributed by atoms with Gasteiger partial charge in [-0.2, -0.15) is 0 Å². The molecule has 6 heteroatoms. The van der Waals surface area contributed by atoms with Gasteiger partial charge in [-0.3, -0.25) is 0 Å². The molecule has 0 amide bonds. The van der Waals surface area contributed by atoms with E-state index in [0.717, 1.165) is 36.8 Å². The zero-order valence-corrected chi connectivity index (χ0v) is 22.2. The number of aromatic hydroxyl groups is 2. The molecule has 1 aliphatic heterocycles. The standard InChI is InChI=1S/C14H8OS.C13H9NOS.Zn/c15-12-7-3-2-6-11(12)14-9-10-5-1-4-8-13(10)16-14;15-11-7-3-1-5-9(11)13-14-10-6-2-4-8-12(10)16-13;/h1-8H;1-8,15H;/p+1. The third-order valence-electron chi connectivity index (χ3n) is 4.92. The summed E-state index contributed by atoms with van der Waals surface area (Å²) in [6.45, 7) is 0. The maximum absolute atomic E-state index is 9.78. The fraction of sp³-hybridized carbons (Fsp3) is 0. The van der Waals surface area contributed by atoms with Gasteiger partial charge in [-0.1, -0.05) is 36.4 Å². The van der Waals surface area contributed by atoms with Gasteiger partial charge in [0, 0.05) is 31.6 Å². The summed E-state index contributed by atoms with van der Waals surface area (Å²) in [5, 5.41) is 20.4. The topological polar surface area (TPSA) is 53.4 Å². The van der Waals surface area contributed by atoms with Crippen LogP contribution in [0.3, 0.4) is 0 Å². The van der Waals surface area contributed by atoms with Crippen molar-refractivity contribution in [1.29, 1.82) is 0 Å². The number of benzene rings is 4. The Hall–Kier alpha value is -3.01. The molecule has 5 aromatic rings. The third kappa shape index (κ3) is 5.00. The van der Waals surface area contributed by atoms with Gasteiger partial charge in [0.15, 0.2) is 16.2 Å². The molecule has 0 unspecified atom stereocenters. The zero-order valence-electron chi connectivity index (χ0n) is 17.6. The monoisotopic (exact) mass is 516 g/mol. The Morgan fingerprint density at radius 1 is 0.667 bits per heavy atom. The molecule has 0 aliphatic carbocycles. The molecule has 0 radical (unpaired) electrons. The number of rotatable bonds is 2. The average Bonchev–Trinajstić information content (AvgIpc) is 3.44. The van der Waals surface area contributed by atoms with E-state index in [1.54, 1.807) is 35.2 Å². The Kier molecular flexibility index (Phi) is 7.22. The molecule has 33 heavy (non-hydrogen) atoms. The molecular weight excluding hydrogens is 500 g/mol. The maximum Gasteiger partial charge on any atom is 0.168 e. The fourth-order valence-corrected chi connectivity index (χ4v) is 5.39. The van der Waals surface area contributed by atoms with Gasteiger partial charge in [-0.25, -0.2) is 4.98 Å². The number of hydrogen-bond acceptors (Lipinski definition) is 5. The minimum absolute atomic E-state index is 0. The third-order valence-corrected chi connectivity index (χ3v) is 7.10. The van der Waals surface area contributed by atoms with Gasteiger partial charge >= 0.3 is 0 Å². The smallest absolute Gasteiger partial charge is 0.168 e. The van der Waals surface area contributed by atoms with E-state index in [2.05, 4.69) is 17.1 Å². The van der Waals surface area contributed by atoms with Crippen molar-refractivity contribution in [2.75, 3.05) is 0 Å². The van der Waals surface area contributed by atoms with Crippen molar-refractivity contribution < 1.29 is 29.7 Å². The Bertz CT molecular complexity index is 1410. The number of fused-ring (bicyclic) bond motifs is 2. The SMILES string of the molecule is Oc1ccccc1-c1nc2ccccc2s1.Oc1ccccc1C1=[C+]c2ccccc2S1.[Zn]. The van der Waals surface area contributed by atoms with E-state index in [-0.39, 0.29) is 25.2 Å². The van der Waals surface area contributed by atoms with Crippen molar-refractivity contribution in [3.63, 3.8) is 0 Å². The number of thiazole rings is 1. The molecule has 3 nitrogen and oxygen atoms in total. The first kappa shape index (κ1) is 23.2. The maximum atomic E-state index is 9.78. The van der Waals surface area contributed by atoms with Crippen LogP contribution in [-0.2, 0) is 19.5 Å². The van der Waals surface area contributed by atoms with Crippen LogP contribution in [0.4, 0.5) is 0 Å². The molecule has 2 heterocycles. The summed E-state index contributed by atoms with van der Waals surface area (Å²) >= 11 is 3.24. The molecule has 0 bridgehead atoms. The van der Waals surface area contributed by atoms with Crippen LogP contribution in [0.25, 0.3) is 25.7 Å². The van der Waals surface area contributed by atoms with Gasteiger partial charge < -0.3 is 10.2 Å².